The molecule has 0 aliphatic carbocycles. The molecule has 0 unspecified atom stereocenters. The highest BCUT2D eigenvalue weighted by atomic mass is 19.1. The van der Waals surface area contributed by atoms with Crippen LogP contribution >= 0.6 is 0 Å². The van der Waals surface area contributed by atoms with Gasteiger partial charge in [-0.1, -0.05) is 0 Å². The lowest BCUT2D eigenvalue weighted by atomic mass is 10.0. The summed E-state index contributed by atoms with van der Waals surface area (Å²) in [4.78, 5) is 15.0. The number of pyridine rings is 1. The fourth-order valence-corrected chi connectivity index (χ4v) is 1.70. The third-order valence-corrected chi connectivity index (χ3v) is 2.62. The van der Waals surface area contributed by atoms with Crippen molar-refractivity contribution in [2.45, 2.75) is 0 Å². The highest BCUT2D eigenvalue weighted by molar-refractivity contribution is 5.96. The smallest absolute Gasteiger partial charge is 0.336 e. The first-order valence-corrected chi connectivity index (χ1v) is 5.35. The van der Waals surface area contributed by atoms with E-state index in [4.69, 9.17) is 15.6 Å². The number of nitrogens with zero attached hydrogens (tertiary/aromatic N) is 1. The van der Waals surface area contributed by atoms with Crippen molar-refractivity contribution >= 4 is 11.8 Å². The summed E-state index contributed by atoms with van der Waals surface area (Å²) in [6.07, 6.45) is 1.24. The van der Waals surface area contributed by atoms with Crippen LogP contribution in [-0.4, -0.2) is 23.2 Å². The normalized spacial score (nSPS) is 10.2. The number of hydrogen-bond acceptors (Lipinski definition) is 4. The summed E-state index contributed by atoms with van der Waals surface area (Å²) in [6, 6.07) is 5.35. The van der Waals surface area contributed by atoms with Crippen molar-refractivity contribution in [1.29, 1.82) is 0 Å². The Kier molecular flexibility index (Phi) is 3.33. The first kappa shape index (κ1) is 12.8. The van der Waals surface area contributed by atoms with Crippen LogP contribution in [0.25, 0.3) is 11.1 Å². The summed E-state index contributed by atoms with van der Waals surface area (Å²) in [6.45, 7) is 0. The molecule has 19 heavy (non-hydrogen) atoms. The van der Waals surface area contributed by atoms with Gasteiger partial charge in [-0.15, -0.1) is 0 Å². The fourth-order valence-electron chi connectivity index (χ4n) is 1.70. The van der Waals surface area contributed by atoms with Crippen molar-refractivity contribution in [3.05, 3.63) is 41.8 Å². The molecule has 0 amide bonds. The molecule has 2 rings (SSSR count). The van der Waals surface area contributed by atoms with Gasteiger partial charge in [-0.05, 0) is 18.2 Å². The van der Waals surface area contributed by atoms with Crippen LogP contribution < -0.4 is 10.5 Å². The first-order valence-electron chi connectivity index (χ1n) is 5.35. The number of benzene rings is 1. The van der Waals surface area contributed by atoms with Gasteiger partial charge >= 0.3 is 5.97 Å². The number of hydrogen-bond donors (Lipinski definition) is 2. The fraction of sp³-hybridized carbons (Fsp3) is 0.0769. The van der Waals surface area contributed by atoms with Crippen LogP contribution in [0.3, 0.4) is 0 Å². The Morgan fingerprint density at radius 1 is 1.37 bits per heavy atom. The summed E-state index contributed by atoms with van der Waals surface area (Å²) in [5.74, 6) is -1.37. The lowest BCUT2D eigenvalue weighted by Crippen LogP contribution is -2.03. The maximum Gasteiger partial charge on any atom is 0.336 e. The van der Waals surface area contributed by atoms with Crippen molar-refractivity contribution in [2.24, 2.45) is 0 Å². The molecule has 0 saturated carbocycles. The molecule has 5 nitrogen and oxygen atoms in total. The molecular weight excluding hydrogens is 251 g/mol. The average molecular weight is 262 g/mol. The van der Waals surface area contributed by atoms with E-state index in [0.29, 0.717) is 5.75 Å². The van der Waals surface area contributed by atoms with E-state index in [1.165, 1.54) is 31.5 Å². The van der Waals surface area contributed by atoms with Crippen molar-refractivity contribution in [2.75, 3.05) is 12.8 Å². The Morgan fingerprint density at radius 3 is 2.68 bits per heavy atom. The predicted octanol–water partition coefficient (Wildman–Crippen LogP) is 2.18. The van der Waals surface area contributed by atoms with Crippen LogP contribution in [-0.2, 0) is 0 Å². The quantitative estimate of drug-likeness (QED) is 0.885. The summed E-state index contributed by atoms with van der Waals surface area (Å²) in [5, 5.41) is 9.11. The number of aromatic carboxylic acids is 1. The number of carboxylic acid groups (broad SMARTS) is 1. The van der Waals surface area contributed by atoms with Crippen molar-refractivity contribution in [1.82, 2.24) is 4.98 Å². The number of carboxylic acids is 1. The molecule has 1 heterocycles. The van der Waals surface area contributed by atoms with Crippen molar-refractivity contribution in [3.8, 4) is 16.9 Å². The van der Waals surface area contributed by atoms with Crippen LogP contribution in [0.15, 0.2) is 30.5 Å². The number of halogens is 1. The van der Waals surface area contributed by atoms with E-state index in [1.807, 2.05) is 0 Å². The zero-order valence-corrected chi connectivity index (χ0v) is 10.1. The van der Waals surface area contributed by atoms with E-state index in [0.717, 1.165) is 0 Å². The van der Waals surface area contributed by atoms with Gasteiger partial charge in [0.15, 0.2) is 0 Å². The zero-order valence-electron chi connectivity index (χ0n) is 10.1. The molecule has 1 aromatic heterocycles. The predicted molar refractivity (Wildman–Crippen MR) is 67.6 cm³/mol. The molecule has 0 fully saturated rings. The van der Waals surface area contributed by atoms with Gasteiger partial charge in [0, 0.05) is 23.4 Å². The van der Waals surface area contributed by atoms with Crippen LogP contribution in [0.1, 0.15) is 10.4 Å². The van der Waals surface area contributed by atoms with Crippen molar-refractivity contribution < 1.29 is 19.0 Å². The molecule has 0 radical (unpaired) electrons. The summed E-state index contributed by atoms with van der Waals surface area (Å²) in [7, 11) is 1.42. The maximum absolute atomic E-state index is 13.9. The van der Waals surface area contributed by atoms with Crippen LogP contribution in [0.4, 0.5) is 10.2 Å². The zero-order chi connectivity index (χ0) is 14.0. The standard InChI is InChI=1S/C13H11FN2O3/c1-19-7-2-3-8(11(14)4-7)10-6-16-12(15)5-9(10)13(17)18/h2-6H,1H3,(H2,15,16)(H,17,18). The minimum atomic E-state index is -1.20. The molecule has 6 heteroatoms. The van der Waals surface area contributed by atoms with Gasteiger partial charge in [-0.3, -0.25) is 0 Å². The number of anilines is 1. The highest BCUT2D eigenvalue weighted by Crippen LogP contribution is 2.29. The summed E-state index contributed by atoms with van der Waals surface area (Å²) in [5.41, 5.74) is 5.64. The molecule has 0 saturated heterocycles. The second-order valence-electron chi connectivity index (χ2n) is 3.81. The Labute approximate surface area is 108 Å². The monoisotopic (exact) mass is 262 g/mol. The highest BCUT2D eigenvalue weighted by Gasteiger charge is 2.16. The van der Waals surface area contributed by atoms with Gasteiger partial charge in [0.2, 0.25) is 0 Å². The number of ether oxygens (including phenoxy) is 1. The van der Waals surface area contributed by atoms with E-state index in [9.17, 15) is 9.18 Å². The second-order valence-corrected chi connectivity index (χ2v) is 3.81. The Bertz CT molecular complexity index is 644. The minimum Gasteiger partial charge on any atom is -0.497 e. The third kappa shape index (κ3) is 2.47. The largest absolute Gasteiger partial charge is 0.497 e. The van der Waals surface area contributed by atoms with E-state index in [1.54, 1.807) is 6.07 Å². The van der Waals surface area contributed by atoms with Gasteiger partial charge in [0.1, 0.15) is 17.4 Å². The molecule has 0 aliphatic rings. The topological polar surface area (TPSA) is 85.4 Å². The molecule has 2 aromatic rings. The van der Waals surface area contributed by atoms with Gasteiger partial charge in [-0.2, -0.15) is 0 Å². The number of nitrogen functional groups attached to an aromatic ring is 1. The minimum absolute atomic E-state index is 0.0649. The van der Waals surface area contributed by atoms with Crippen LogP contribution in [0.5, 0.6) is 5.75 Å². The van der Waals surface area contributed by atoms with Gasteiger partial charge in [-0.25, -0.2) is 14.2 Å². The van der Waals surface area contributed by atoms with Crippen LogP contribution in [0.2, 0.25) is 0 Å². The molecule has 0 aliphatic heterocycles. The molecule has 98 valence electrons. The molecule has 3 N–H and O–H groups in total. The second kappa shape index (κ2) is 4.93. The van der Waals surface area contributed by atoms with E-state index < -0.39 is 11.8 Å². The van der Waals surface area contributed by atoms with E-state index in [2.05, 4.69) is 4.98 Å². The molecule has 0 atom stereocenters. The number of rotatable bonds is 3. The lowest BCUT2D eigenvalue weighted by molar-refractivity contribution is 0.0697. The number of carbonyl (C=O) groups is 1. The Hall–Kier alpha value is -2.63. The Morgan fingerprint density at radius 2 is 2.11 bits per heavy atom. The van der Waals surface area contributed by atoms with Gasteiger partial charge < -0.3 is 15.6 Å². The first-order chi connectivity index (χ1) is 9.02. The summed E-state index contributed by atoms with van der Waals surface area (Å²) >= 11 is 0. The molecule has 0 spiro atoms. The average Bonchev–Trinajstić information content (AvgIpc) is 2.39. The molecular formula is C13H11FN2O3. The van der Waals surface area contributed by atoms with Crippen molar-refractivity contribution in [3.63, 3.8) is 0 Å². The Balaban J connectivity index is 2.62. The number of nitrogens with two attached hydrogens (primary N) is 1. The molecule has 1 aromatic carbocycles. The van der Waals surface area contributed by atoms with E-state index >= 15 is 0 Å². The van der Waals surface area contributed by atoms with Gasteiger partial charge in [0.05, 0.1) is 12.7 Å². The third-order valence-electron chi connectivity index (χ3n) is 2.62. The SMILES string of the molecule is COc1ccc(-c2cnc(N)cc2C(=O)O)c(F)c1. The lowest BCUT2D eigenvalue weighted by Gasteiger charge is -2.09. The molecule has 0 bridgehead atoms. The number of aromatic nitrogens is 1. The van der Waals surface area contributed by atoms with Crippen LogP contribution in [0, 0.1) is 5.82 Å². The van der Waals surface area contributed by atoms with Gasteiger partial charge in [0.25, 0.3) is 0 Å². The van der Waals surface area contributed by atoms with E-state index in [-0.39, 0.29) is 22.5 Å². The number of methoxy groups -OCH3 is 1. The maximum atomic E-state index is 13.9. The summed E-state index contributed by atoms with van der Waals surface area (Å²) < 4.78 is 18.8.